The number of hydrogen-bond acceptors (Lipinski definition) is 2. The predicted molar refractivity (Wildman–Crippen MR) is 67.4 cm³/mol. The molecule has 0 heterocycles. The number of aliphatic hydroxyl groups excluding tert-OH is 1. The van der Waals surface area contributed by atoms with Crippen molar-refractivity contribution in [3.8, 4) is 5.75 Å². The number of halogens is 2. The standard InChI is InChI=1S/C12H16Cl2O2/c1-8(2)10(15)6-7-16-11-5-3-4-9(13)12(11)14/h3-5,8,10,15H,6-7H2,1-2H3. The molecule has 0 aliphatic heterocycles. The molecule has 1 aromatic rings. The van der Waals surface area contributed by atoms with Gasteiger partial charge in [0.05, 0.1) is 17.7 Å². The maximum absolute atomic E-state index is 9.59. The first-order valence-electron chi connectivity index (χ1n) is 5.27. The Morgan fingerprint density at radius 2 is 2.00 bits per heavy atom. The maximum atomic E-state index is 9.59. The van der Waals surface area contributed by atoms with Gasteiger partial charge in [0.25, 0.3) is 0 Å². The van der Waals surface area contributed by atoms with Gasteiger partial charge >= 0.3 is 0 Å². The van der Waals surface area contributed by atoms with Crippen molar-refractivity contribution >= 4 is 23.2 Å². The second-order valence-corrected chi connectivity index (χ2v) is 4.79. The molecule has 0 bridgehead atoms. The molecule has 0 aromatic heterocycles. The van der Waals surface area contributed by atoms with Crippen LogP contribution in [-0.4, -0.2) is 17.8 Å². The fourth-order valence-electron chi connectivity index (χ4n) is 1.22. The Labute approximate surface area is 106 Å². The molecular formula is C12H16Cl2O2. The van der Waals surface area contributed by atoms with Crippen LogP contribution in [0.15, 0.2) is 18.2 Å². The molecule has 2 nitrogen and oxygen atoms in total. The summed E-state index contributed by atoms with van der Waals surface area (Å²) in [5.74, 6) is 0.795. The minimum absolute atomic E-state index is 0.235. The number of ether oxygens (including phenoxy) is 1. The van der Waals surface area contributed by atoms with E-state index in [0.717, 1.165) is 0 Å². The van der Waals surface area contributed by atoms with Crippen LogP contribution in [0.5, 0.6) is 5.75 Å². The van der Waals surface area contributed by atoms with E-state index in [1.807, 2.05) is 13.8 Å². The third-order valence-corrected chi connectivity index (χ3v) is 3.16. The second-order valence-electron chi connectivity index (χ2n) is 4.00. The van der Waals surface area contributed by atoms with Crippen LogP contribution >= 0.6 is 23.2 Å². The third-order valence-electron chi connectivity index (χ3n) is 2.36. The quantitative estimate of drug-likeness (QED) is 0.876. The number of aliphatic hydroxyl groups is 1. The molecule has 0 amide bonds. The Balaban J connectivity index is 2.46. The molecule has 16 heavy (non-hydrogen) atoms. The van der Waals surface area contributed by atoms with E-state index in [2.05, 4.69) is 0 Å². The number of hydrogen-bond donors (Lipinski definition) is 1. The summed E-state index contributed by atoms with van der Waals surface area (Å²) in [6.45, 7) is 4.37. The summed E-state index contributed by atoms with van der Waals surface area (Å²) in [6.07, 6.45) is 0.235. The summed E-state index contributed by atoms with van der Waals surface area (Å²) in [7, 11) is 0. The van der Waals surface area contributed by atoms with E-state index >= 15 is 0 Å². The van der Waals surface area contributed by atoms with Gasteiger partial charge in [-0.3, -0.25) is 0 Å². The predicted octanol–water partition coefficient (Wildman–Crippen LogP) is 3.78. The van der Waals surface area contributed by atoms with E-state index in [-0.39, 0.29) is 12.0 Å². The molecule has 90 valence electrons. The van der Waals surface area contributed by atoms with Crippen LogP contribution in [0.1, 0.15) is 20.3 Å². The van der Waals surface area contributed by atoms with Crippen molar-refractivity contribution in [3.63, 3.8) is 0 Å². The Morgan fingerprint density at radius 3 is 2.62 bits per heavy atom. The van der Waals surface area contributed by atoms with Gasteiger partial charge in [0, 0.05) is 6.42 Å². The summed E-state index contributed by atoms with van der Waals surface area (Å²) >= 11 is 11.8. The molecule has 1 unspecified atom stereocenters. The second kappa shape index (κ2) is 6.33. The number of rotatable bonds is 5. The van der Waals surface area contributed by atoms with Crippen molar-refractivity contribution in [2.75, 3.05) is 6.61 Å². The highest BCUT2D eigenvalue weighted by Gasteiger charge is 2.10. The van der Waals surface area contributed by atoms with Crippen molar-refractivity contribution in [1.29, 1.82) is 0 Å². The molecular weight excluding hydrogens is 247 g/mol. The molecule has 0 spiro atoms. The monoisotopic (exact) mass is 262 g/mol. The van der Waals surface area contributed by atoms with Gasteiger partial charge < -0.3 is 9.84 Å². The van der Waals surface area contributed by atoms with Crippen molar-refractivity contribution < 1.29 is 9.84 Å². The van der Waals surface area contributed by atoms with E-state index in [0.29, 0.717) is 28.8 Å². The zero-order valence-electron chi connectivity index (χ0n) is 9.41. The Morgan fingerprint density at radius 1 is 1.31 bits per heavy atom. The average Bonchev–Trinajstić information content (AvgIpc) is 2.24. The number of benzene rings is 1. The molecule has 1 aromatic carbocycles. The van der Waals surface area contributed by atoms with Crippen molar-refractivity contribution in [2.45, 2.75) is 26.4 Å². The van der Waals surface area contributed by atoms with Crippen molar-refractivity contribution in [2.24, 2.45) is 5.92 Å². The Hall–Kier alpha value is -0.440. The van der Waals surface area contributed by atoms with E-state index in [9.17, 15) is 5.11 Å². The van der Waals surface area contributed by atoms with E-state index in [4.69, 9.17) is 27.9 Å². The van der Waals surface area contributed by atoms with Gasteiger partial charge in [-0.15, -0.1) is 0 Å². The Bertz CT molecular complexity index is 340. The summed E-state index contributed by atoms with van der Waals surface area (Å²) in [6, 6.07) is 5.25. The topological polar surface area (TPSA) is 29.5 Å². The lowest BCUT2D eigenvalue weighted by molar-refractivity contribution is 0.0976. The highest BCUT2D eigenvalue weighted by atomic mass is 35.5. The molecule has 4 heteroatoms. The van der Waals surface area contributed by atoms with Crippen LogP contribution in [0, 0.1) is 5.92 Å². The first-order chi connectivity index (χ1) is 7.52. The maximum Gasteiger partial charge on any atom is 0.139 e. The van der Waals surface area contributed by atoms with Crippen molar-refractivity contribution in [1.82, 2.24) is 0 Å². The molecule has 1 atom stereocenters. The van der Waals surface area contributed by atoms with Gasteiger partial charge in [0.15, 0.2) is 0 Å². The molecule has 1 rings (SSSR count). The molecule has 0 fully saturated rings. The highest BCUT2D eigenvalue weighted by molar-refractivity contribution is 6.42. The fourth-order valence-corrected chi connectivity index (χ4v) is 1.56. The lowest BCUT2D eigenvalue weighted by atomic mass is 10.1. The van der Waals surface area contributed by atoms with Gasteiger partial charge in [0.2, 0.25) is 0 Å². The largest absolute Gasteiger partial charge is 0.492 e. The minimum atomic E-state index is -0.349. The van der Waals surface area contributed by atoms with Crippen LogP contribution in [-0.2, 0) is 0 Å². The molecule has 0 aliphatic carbocycles. The first kappa shape index (κ1) is 13.6. The van der Waals surface area contributed by atoms with Gasteiger partial charge in [-0.1, -0.05) is 43.1 Å². The SMILES string of the molecule is CC(C)C(O)CCOc1cccc(Cl)c1Cl. The van der Waals surface area contributed by atoms with E-state index in [1.165, 1.54) is 0 Å². The van der Waals surface area contributed by atoms with Crippen LogP contribution in [0.3, 0.4) is 0 Å². The fraction of sp³-hybridized carbons (Fsp3) is 0.500. The smallest absolute Gasteiger partial charge is 0.139 e. The Kier molecular flexibility index (Phi) is 5.39. The third kappa shape index (κ3) is 3.85. The van der Waals surface area contributed by atoms with Crippen LogP contribution in [0.2, 0.25) is 10.0 Å². The van der Waals surface area contributed by atoms with Gasteiger partial charge in [0.1, 0.15) is 10.8 Å². The average molecular weight is 263 g/mol. The lowest BCUT2D eigenvalue weighted by Crippen LogP contribution is -2.18. The van der Waals surface area contributed by atoms with Crippen LogP contribution in [0.25, 0.3) is 0 Å². The summed E-state index contributed by atoms with van der Waals surface area (Å²) in [4.78, 5) is 0. The minimum Gasteiger partial charge on any atom is -0.492 e. The lowest BCUT2D eigenvalue weighted by Gasteiger charge is -2.15. The van der Waals surface area contributed by atoms with Crippen molar-refractivity contribution in [3.05, 3.63) is 28.2 Å². The normalized spacial score (nSPS) is 12.9. The summed E-state index contributed by atoms with van der Waals surface area (Å²) < 4.78 is 5.46. The van der Waals surface area contributed by atoms with E-state index < -0.39 is 0 Å². The van der Waals surface area contributed by atoms with Gasteiger partial charge in [-0.05, 0) is 18.1 Å². The highest BCUT2D eigenvalue weighted by Crippen LogP contribution is 2.31. The zero-order valence-corrected chi connectivity index (χ0v) is 10.9. The van der Waals surface area contributed by atoms with Gasteiger partial charge in [-0.2, -0.15) is 0 Å². The zero-order chi connectivity index (χ0) is 12.1. The summed E-state index contributed by atoms with van der Waals surface area (Å²) in [5, 5.41) is 10.5. The molecule has 0 aliphatic rings. The van der Waals surface area contributed by atoms with Crippen LogP contribution < -0.4 is 4.74 Å². The van der Waals surface area contributed by atoms with Gasteiger partial charge in [-0.25, -0.2) is 0 Å². The molecule has 1 N–H and O–H groups in total. The first-order valence-corrected chi connectivity index (χ1v) is 6.03. The molecule has 0 saturated carbocycles. The van der Waals surface area contributed by atoms with E-state index in [1.54, 1.807) is 18.2 Å². The molecule has 0 radical (unpaired) electrons. The summed E-state index contributed by atoms with van der Waals surface area (Å²) in [5.41, 5.74) is 0. The van der Waals surface area contributed by atoms with Crippen LogP contribution in [0.4, 0.5) is 0 Å². The molecule has 0 saturated heterocycles.